The highest BCUT2D eigenvalue weighted by Gasteiger charge is 2.07. The summed E-state index contributed by atoms with van der Waals surface area (Å²) in [6.45, 7) is 1.73. The molecule has 1 aromatic carbocycles. The maximum absolute atomic E-state index is 10.6. The van der Waals surface area contributed by atoms with Gasteiger partial charge in [-0.05, 0) is 17.7 Å². The smallest absolute Gasteiger partial charge is 0.127 e. The van der Waals surface area contributed by atoms with Crippen molar-refractivity contribution in [3.63, 3.8) is 0 Å². The van der Waals surface area contributed by atoms with E-state index in [0.29, 0.717) is 11.3 Å². The molecule has 0 aliphatic heterocycles. The summed E-state index contributed by atoms with van der Waals surface area (Å²) in [6, 6.07) is 5.38. The number of carbonyl (C=O) groups is 1. The summed E-state index contributed by atoms with van der Waals surface area (Å²) in [5, 5.41) is 9.06. The number of rotatable bonds is 4. The molecule has 1 atom stereocenters. The van der Waals surface area contributed by atoms with E-state index >= 15 is 0 Å². The molecule has 0 amide bonds. The monoisotopic (exact) mass is 194 g/mol. The van der Waals surface area contributed by atoms with Crippen LogP contribution in [0.4, 0.5) is 0 Å². The van der Waals surface area contributed by atoms with Crippen molar-refractivity contribution in [2.45, 2.75) is 19.4 Å². The van der Waals surface area contributed by atoms with Crippen LogP contribution in [0.15, 0.2) is 18.2 Å². The SMILES string of the molecule is COc1ccc(C(C)C=O)cc1CO. The Kier molecular flexibility index (Phi) is 3.65. The number of aliphatic hydroxyl groups is 1. The average Bonchev–Trinajstić information content (AvgIpc) is 2.26. The maximum atomic E-state index is 10.6. The number of hydrogen-bond donors (Lipinski definition) is 1. The molecule has 0 saturated carbocycles. The second-order valence-electron chi connectivity index (χ2n) is 3.15. The molecule has 0 aromatic heterocycles. The largest absolute Gasteiger partial charge is 0.496 e. The molecule has 0 aliphatic carbocycles. The minimum Gasteiger partial charge on any atom is -0.496 e. The van der Waals surface area contributed by atoms with Crippen LogP contribution in [0.25, 0.3) is 0 Å². The molecular weight excluding hydrogens is 180 g/mol. The standard InChI is InChI=1S/C11H14O3/c1-8(6-12)9-3-4-11(14-2)10(5-9)7-13/h3-6,8,13H,7H2,1-2H3. The van der Waals surface area contributed by atoms with Crippen molar-refractivity contribution in [1.29, 1.82) is 0 Å². The van der Waals surface area contributed by atoms with Gasteiger partial charge in [0.15, 0.2) is 0 Å². The van der Waals surface area contributed by atoms with E-state index in [4.69, 9.17) is 9.84 Å². The van der Waals surface area contributed by atoms with Crippen molar-refractivity contribution in [2.75, 3.05) is 7.11 Å². The first-order valence-electron chi connectivity index (χ1n) is 4.46. The lowest BCUT2D eigenvalue weighted by molar-refractivity contribution is -0.108. The highest BCUT2D eigenvalue weighted by Crippen LogP contribution is 2.23. The predicted molar refractivity (Wildman–Crippen MR) is 53.4 cm³/mol. The number of methoxy groups -OCH3 is 1. The van der Waals surface area contributed by atoms with Gasteiger partial charge >= 0.3 is 0 Å². The molecule has 0 radical (unpaired) electrons. The molecule has 14 heavy (non-hydrogen) atoms. The van der Waals surface area contributed by atoms with Crippen LogP contribution in [-0.4, -0.2) is 18.5 Å². The van der Waals surface area contributed by atoms with E-state index in [1.165, 1.54) is 0 Å². The van der Waals surface area contributed by atoms with Crippen LogP contribution in [0.5, 0.6) is 5.75 Å². The van der Waals surface area contributed by atoms with Gasteiger partial charge in [0.05, 0.1) is 13.7 Å². The Hall–Kier alpha value is -1.35. The van der Waals surface area contributed by atoms with Crippen LogP contribution in [0.2, 0.25) is 0 Å². The van der Waals surface area contributed by atoms with E-state index < -0.39 is 0 Å². The number of carbonyl (C=O) groups excluding carboxylic acids is 1. The molecular formula is C11H14O3. The van der Waals surface area contributed by atoms with Crippen molar-refractivity contribution in [3.8, 4) is 5.75 Å². The van der Waals surface area contributed by atoms with Crippen molar-refractivity contribution >= 4 is 6.29 Å². The Labute approximate surface area is 83.3 Å². The van der Waals surface area contributed by atoms with Gasteiger partial charge in [-0.1, -0.05) is 13.0 Å². The second-order valence-corrected chi connectivity index (χ2v) is 3.15. The second kappa shape index (κ2) is 4.77. The number of ether oxygens (including phenoxy) is 1. The molecule has 3 nitrogen and oxygen atoms in total. The van der Waals surface area contributed by atoms with Crippen LogP contribution in [0.3, 0.4) is 0 Å². The molecule has 0 heterocycles. The zero-order valence-electron chi connectivity index (χ0n) is 8.36. The summed E-state index contributed by atoms with van der Waals surface area (Å²) in [5.41, 5.74) is 1.60. The minimum absolute atomic E-state index is 0.0808. The summed E-state index contributed by atoms with van der Waals surface area (Å²) in [4.78, 5) is 10.6. The number of benzene rings is 1. The normalized spacial score (nSPS) is 12.2. The first-order valence-corrected chi connectivity index (χ1v) is 4.46. The Morgan fingerprint density at radius 1 is 1.57 bits per heavy atom. The predicted octanol–water partition coefficient (Wildman–Crippen LogP) is 1.49. The topological polar surface area (TPSA) is 46.5 Å². The minimum atomic E-state index is -0.147. The molecule has 0 fully saturated rings. The lowest BCUT2D eigenvalue weighted by Crippen LogP contribution is -1.98. The van der Waals surface area contributed by atoms with E-state index in [2.05, 4.69) is 0 Å². The average molecular weight is 194 g/mol. The quantitative estimate of drug-likeness (QED) is 0.739. The van der Waals surface area contributed by atoms with Gasteiger partial charge in [-0.2, -0.15) is 0 Å². The van der Waals surface area contributed by atoms with Gasteiger partial charge in [0.1, 0.15) is 12.0 Å². The van der Waals surface area contributed by atoms with Gasteiger partial charge < -0.3 is 14.6 Å². The summed E-state index contributed by atoms with van der Waals surface area (Å²) < 4.78 is 5.06. The summed E-state index contributed by atoms with van der Waals surface area (Å²) in [7, 11) is 1.55. The van der Waals surface area contributed by atoms with Gasteiger partial charge in [0, 0.05) is 11.5 Å². The van der Waals surface area contributed by atoms with E-state index in [1.54, 1.807) is 19.2 Å². The highest BCUT2D eigenvalue weighted by atomic mass is 16.5. The van der Waals surface area contributed by atoms with E-state index in [1.807, 2.05) is 13.0 Å². The molecule has 0 bridgehead atoms. The van der Waals surface area contributed by atoms with Crippen molar-refractivity contribution < 1.29 is 14.6 Å². The number of aldehydes is 1. The first kappa shape index (κ1) is 10.7. The summed E-state index contributed by atoms with van der Waals surface area (Å²) in [5.74, 6) is 0.501. The van der Waals surface area contributed by atoms with E-state index in [-0.39, 0.29) is 12.5 Å². The van der Waals surface area contributed by atoms with Crippen LogP contribution < -0.4 is 4.74 Å². The lowest BCUT2D eigenvalue weighted by atomic mass is 10.00. The van der Waals surface area contributed by atoms with E-state index in [0.717, 1.165) is 11.8 Å². The molecule has 1 N–H and O–H groups in total. The summed E-state index contributed by atoms with van der Waals surface area (Å²) in [6.07, 6.45) is 0.878. The maximum Gasteiger partial charge on any atom is 0.127 e. The van der Waals surface area contributed by atoms with Gasteiger partial charge in [-0.25, -0.2) is 0 Å². The third-order valence-corrected chi connectivity index (χ3v) is 2.20. The third kappa shape index (κ3) is 2.12. The van der Waals surface area contributed by atoms with Crippen molar-refractivity contribution in [1.82, 2.24) is 0 Å². The fraction of sp³-hybridized carbons (Fsp3) is 0.364. The summed E-state index contributed by atoms with van der Waals surface area (Å²) >= 11 is 0. The molecule has 0 saturated heterocycles. The van der Waals surface area contributed by atoms with Crippen LogP contribution in [-0.2, 0) is 11.4 Å². The molecule has 3 heteroatoms. The van der Waals surface area contributed by atoms with Gasteiger partial charge in [-0.15, -0.1) is 0 Å². The first-order chi connectivity index (χ1) is 6.72. The zero-order valence-corrected chi connectivity index (χ0v) is 8.36. The Balaban J connectivity index is 3.06. The number of aliphatic hydroxyl groups excluding tert-OH is 1. The molecule has 1 unspecified atom stereocenters. The fourth-order valence-electron chi connectivity index (χ4n) is 1.28. The van der Waals surface area contributed by atoms with Gasteiger partial charge in [0.25, 0.3) is 0 Å². The molecule has 0 spiro atoms. The van der Waals surface area contributed by atoms with Crippen molar-refractivity contribution in [3.05, 3.63) is 29.3 Å². The third-order valence-electron chi connectivity index (χ3n) is 2.20. The molecule has 0 aliphatic rings. The molecule has 76 valence electrons. The lowest BCUT2D eigenvalue weighted by Gasteiger charge is -2.10. The van der Waals surface area contributed by atoms with Crippen LogP contribution in [0.1, 0.15) is 24.0 Å². The zero-order chi connectivity index (χ0) is 10.6. The van der Waals surface area contributed by atoms with Crippen molar-refractivity contribution in [2.24, 2.45) is 0 Å². The van der Waals surface area contributed by atoms with E-state index in [9.17, 15) is 4.79 Å². The Morgan fingerprint density at radius 3 is 2.79 bits per heavy atom. The highest BCUT2D eigenvalue weighted by molar-refractivity contribution is 5.62. The van der Waals surface area contributed by atoms with Crippen LogP contribution in [0, 0.1) is 0 Å². The Bertz CT molecular complexity index is 320. The molecule has 1 aromatic rings. The van der Waals surface area contributed by atoms with Gasteiger partial charge in [0.2, 0.25) is 0 Å². The molecule has 1 rings (SSSR count). The Morgan fingerprint density at radius 2 is 2.29 bits per heavy atom. The number of hydrogen-bond acceptors (Lipinski definition) is 3. The van der Waals surface area contributed by atoms with Gasteiger partial charge in [-0.3, -0.25) is 0 Å². The fourth-order valence-corrected chi connectivity index (χ4v) is 1.28. The van der Waals surface area contributed by atoms with Crippen LogP contribution >= 0.6 is 0 Å².